The highest BCUT2D eigenvalue weighted by atomic mass is 32.2. The molecular weight excluding hydrogens is 413 g/mol. The van der Waals surface area contributed by atoms with Crippen molar-refractivity contribution in [3.8, 4) is 5.75 Å². The summed E-state index contributed by atoms with van der Waals surface area (Å²) in [5.41, 5.74) is 1.63. The van der Waals surface area contributed by atoms with Crippen molar-refractivity contribution in [2.45, 2.75) is 25.9 Å². The van der Waals surface area contributed by atoms with Gasteiger partial charge in [-0.15, -0.1) is 0 Å². The number of nitrogens with zero attached hydrogens (tertiary/aromatic N) is 1. The van der Waals surface area contributed by atoms with Crippen molar-refractivity contribution in [2.24, 2.45) is 5.92 Å². The molecule has 1 aliphatic heterocycles. The van der Waals surface area contributed by atoms with E-state index < -0.39 is 18.0 Å². The fraction of sp³-hybridized carbons (Fsp3) is 0.381. The number of likely N-dealkylation sites (tertiary alicyclic amines) is 1. The second-order valence-corrected chi connectivity index (χ2v) is 7.74. The zero-order valence-electron chi connectivity index (χ0n) is 16.3. The molecule has 1 atom stereocenters. The van der Waals surface area contributed by atoms with Gasteiger partial charge in [-0.3, -0.25) is 9.35 Å². The lowest BCUT2D eigenvalue weighted by Gasteiger charge is -2.31. The van der Waals surface area contributed by atoms with Crippen LogP contribution < -0.4 is 4.89 Å². The number of piperidine rings is 1. The Labute approximate surface area is 176 Å². The van der Waals surface area contributed by atoms with E-state index in [-0.39, 0.29) is 28.8 Å². The van der Waals surface area contributed by atoms with E-state index >= 15 is 0 Å². The van der Waals surface area contributed by atoms with E-state index in [4.69, 9.17) is 9.44 Å². The van der Waals surface area contributed by atoms with Gasteiger partial charge in [0.25, 0.3) is 0 Å². The molecule has 9 heteroatoms. The summed E-state index contributed by atoms with van der Waals surface area (Å²) >= 11 is -2.63. The summed E-state index contributed by atoms with van der Waals surface area (Å²) < 4.78 is 36.5. The Morgan fingerprint density at radius 1 is 1.17 bits per heavy atom. The predicted octanol–water partition coefficient (Wildman–Crippen LogP) is 2.90. The number of carbonyl (C=O) groups excluding carboxylic acids is 1. The highest BCUT2D eigenvalue weighted by molar-refractivity contribution is 7.74. The number of Topliss-reactive ketones (excluding diaryl/α,β-unsaturated/α-hetero) is 1. The van der Waals surface area contributed by atoms with E-state index in [1.807, 2.05) is 0 Å². The second-order valence-electron chi connectivity index (χ2n) is 7.17. The average Bonchev–Trinajstić information content (AvgIpc) is 2.76. The van der Waals surface area contributed by atoms with Crippen LogP contribution in [-0.4, -0.2) is 44.2 Å². The van der Waals surface area contributed by atoms with E-state index in [9.17, 15) is 18.5 Å². The molecule has 0 radical (unpaired) electrons. The standard InChI is InChI=1S/C21H24FNO6S/c22-17-6-4-15(5-7-17)8-11-23-12-9-16(10-13-23)21(25)18-2-1-3-20(19(18)14-24)28-29-30(26)27/h1-7,16,24H,8-14H2,(H,26,27). The maximum atomic E-state index is 13.0. The van der Waals surface area contributed by atoms with E-state index in [2.05, 4.69) is 9.23 Å². The topological polar surface area (TPSA) is 96.3 Å². The number of hydrogen-bond donors (Lipinski definition) is 2. The molecule has 3 rings (SSSR count). The highest BCUT2D eigenvalue weighted by Crippen LogP contribution is 2.28. The molecule has 1 aliphatic rings. The first-order chi connectivity index (χ1) is 14.5. The number of rotatable bonds is 9. The van der Waals surface area contributed by atoms with Crippen molar-refractivity contribution in [1.82, 2.24) is 4.90 Å². The highest BCUT2D eigenvalue weighted by Gasteiger charge is 2.28. The Hall–Kier alpha value is -2.17. The molecule has 2 aromatic carbocycles. The van der Waals surface area contributed by atoms with E-state index in [0.717, 1.165) is 31.6 Å². The van der Waals surface area contributed by atoms with Crippen LogP contribution in [0.4, 0.5) is 4.39 Å². The van der Waals surface area contributed by atoms with Crippen LogP contribution in [0.5, 0.6) is 5.75 Å². The van der Waals surface area contributed by atoms with Gasteiger partial charge in [0.15, 0.2) is 11.5 Å². The lowest BCUT2D eigenvalue weighted by atomic mass is 9.87. The quantitative estimate of drug-likeness (QED) is 0.269. The average molecular weight is 437 g/mol. The third kappa shape index (κ3) is 5.93. The van der Waals surface area contributed by atoms with Crippen molar-refractivity contribution in [2.75, 3.05) is 19.6 Å². The van der Waals surface area contributed by atoms with Gasteiger partial charge in [-0.05, 0) is 56.1 Å². The largest absolute Gasteiger partial charge is 0.392 e. The summed E-state index contributed by atoms with van der Waals surface area (Å²) in [6.07, 6.45) is 2.20. The number of aliphatic hydroxyl groups excluding tert-OH is 1. The normalized spacial score (nSPS) is 16.4. The zero-order chi connectivity index (χ0) is 21.5. The Bertz CT molecular complexity index is 884. The number of ketones is 1. The Morgan fingerprint density at radius 3 is 2.50 bits per heavy atom. The fourth-order valence-electron chi connectivity index (χ4n) is 3.68. The minimum atomic E-state index is -2.63. The number of hydrogen-bond acceptors (Lipinski definition) is 6. The monoisotopic (exact) mass is 437 g/mol. The molecule has 0 amide bonds. The summed E-state index contributed by atoms with van der Waals surface area (Å²) in [5.74, 6) is -0.484. The number of benzene rings is 2. The van der Waals surface area contributed by atoms with E-state index in [1.54, 1.807) is 24.3 Å². The predicted molar refractivity (Wildman–Crippen MR) is 108 cm³/mol. The van der Waals surface area contributed by atoms with Gasteiger partial charge >= 0.3 is 11.4 Å². The van der Waals surface area contributed by atoms with Crippen LogP contribution in [0.25, 0.3) is 0 Å². The third-order valence-electron chi connectivity index (χ3n) is 5.33. The lowest BCUT2D eigenvalue weighted by Crippen LogP contribution is -2.37. The van der Waals surface area contributed by atoms with Crippen LogP contribution in [0.15, 0.2) is 42.5 Å². The SMILES string of the molecule is O=C(c1cccc(OOS(=O)O)c1CO)C1CCN(CCc2ccc(F)cc2)CC1. The van der Waals surface area contributed by atoms with Gasteiger partial charge in [-0.1, -0.05) is 28.6 Å². The zero-order valence-corrected chi connectivity index (χ0v) is 17.1. The molecule has 30 heavy (non-hydrogen) atoms. The molecule has 0 aromatic heterocycles. The molecule has 162 valence electrons. The molecule has 2 aromatic rings. The first-order valence-corrected chi connectivity index (χ1v) is 10.7. The van der Waals surface area contributed by atoms with Crippen LogP contribution in [0, 0.1) is 11.7 Å². The smallest absolute Gasteiger partial charge is 0.340 e. The Morgan fingerprint density at radius 2 is 1.87 bits per heavy atom. The molecule has 1 unspecified atom stereocenters. The van der Waals surface area contributed by atoms with Gasteiger partial charge < -0.3 is 14.9 Å². The van der Waals surface area contributed by atoms with Crippen molar-refractivity contribution in [1.29, 1.82) is 0 Å². The van der Waals surface area contributed by atoms with Crippen molar-refractivity contribution >= 4 is 17.1 Å². The van der Waals surface area contributed by atoms with Gasteiger partial charge in [0.05, 0.1) is 6.61 Å². The summed E-state index contributed by atoms with van der Waals surface area (Å²) in [5, 5.41) is 9.69. The lowest BCUT2D eigenvalue weighted by molar-refractivity contribution is -0.0953. The van der Waals surface area contributed by atoms with Gasteiger partial charge in [-0.2, -0.15) is 4.21 Å². The van der Waals surface area contributed by atoms with Crippen LogP contribution in [0.1, 0.15) is 34.3 Å². The summed E-state index contributed by atoms with van der Waals surface area (Å²) in [4.78, 5) is 20.1. The van der Waals surface area contributed by atoms with Crippen LogP contribution in [0.2, 0.25) is 0 Å². The molecule has 2 N–H and O–H groups in total. The maximum Gasteiger partial charge on any atom is 0.340 e. The van der Waals surface area contributed by atoms with Gasteiger partial charge in [0.1, 0.15) is 5.82 Å². The number of carbonyl (C=O) groups is 1. The molecule has 1 fully saturated rings. The maximum absolute atomic E-state index is 13.0. The first-order valence-electron chi connectivity index (χ1n) is 9.67. The van der Waals surface area contributed by atoms with Crippen LogP contribution >= 0.6 is 0 Å². The summed E-state index contributed by atoms with van der Waals surface area (Å²) in [6.45, 7) is 1.92. The molecule has 1 heterocycles. The minimum Gasteiger partial charge on any atom is -0.392 e. The molecule has 0 aliphatic carbocycles. The molecule has 0 bridgehead atoms. The van der Waals surface area contributed by atoms with Crippen LogP contribution in [0.3, 0.4) is 0 Å². The Balaban J connectivity index is 1.57. The summed E-state index contributed by atoms with van der Waals surface area (Å²) in [6, 6.07) is 11.1. The van der Waals surface area contributed by atoms with Crippen molar-refractivity contribution < 1.29 is 32.3 Å². The third-order valence-corrected chi connectivity index (χ3v) is 5.51. The minimum absolute atomic E-state index is 0.0301. The Kier molecular flexibility index (Phi) is 8.06. The van der Waals surface area contributed by atoms with Gasteiger partial charge in [0.2, 0.25) is 0 Å². The molecule has 7 nitrogen and oxygen atoms in total. The van der Waals surface area contributed by atoms with Crippen molar-refractivity contribution in [3.63, 3.8) is 0 Å². The van der Waals surface area contributed by atoms with E-state index in [0.29, 0.717) is 18.4 Å². The fourth-order valence-corrected chi connectivity index (χ4v) is 3.81. The van der Waals surface area contributed by atoms with E-state index in [1.165, 1.54) is 18.2 Å². The molecular formula is C21H24FNO6S. The molecule has 0 saturated carbocycles. The second kappa shape index (κ2) is 10.7. The van der Waals surface area contributed by atoms with Gasteiger partial charge in [0, 0.05) is 23.6 Å². The van der Waals surface area contributed by atoms with Crippen molar-refractivity contribution in [3.05, 3.63) is 65.0 Å². The number of halogens is 1. The summed E-state index contributed by atoms with van der Waals surface area (Å²) in [7, 11) is 0. The van der Waals surface area contributed by atoms with Crippen LogP contribution in [-0.2, 0) is 28.7 Å². The first kappa shape index (κ1) is 22.5. The molecule has 0 spiro atoms. The van der Waals surface area contributed by atoms with Gasteiger partial charge in [-0.25, -0.2) is 4.39 Å². The molecule has 1 saturated heterocycles. The number of aliphatic hydroxyl groups is 1.